The molecule has 0 amide bonds. The van der Waals surface area contributed by atoms with Gasteiger partial charge in [-0.05, 0) is 12.8 Å². The molecule has 100 valence electrons. The first-order valence-electron chi connectivity index (χ1n) is 6.17. The second-order valence-corrected chi connectivity index (χ2v) is 6.74. The lowest BCUT2D eigenvalue weighted by Crippen LogP contribution is -2.48. The third-order valence-corrected chi connectivity index (χ3v) is 6.25. The van der Waals surface area contributed by atoms with E-state index in [1.165, 1.54) is 0 Å². The minimum absolute atomic E-state index is 0.00120. The Balaban J connectivity index is 2.31. The predicted molar refractivity (Wildman–Crippen MR) is 66.9 cm³/mol. The van der Waals surface area contributed by atoms with Gasteiger partial charge in [0.1, 0.15) is 6.79 Å². The number of hydrogen-bond donors (Lipinski definition) is 2. The smallest absolute Gasteiger partial charge is 0.148 e. The molecule has 0 saturated carbocycles. The highest BCUT2D eigenvalue weighted by atomic mass is 32.2. The van der Waals surface area contributed by atoms with Crippen molar-refractivity contribution >= 4 is 11.8 Å². The Bertz CT molecular complexity index is 275. The molecule has 0 aromatic heterocycles. The summed E-state index contributed by atoms with van der Waals surface area (Å²) in [5.41, 5.74) is -0.357. The monoisotopic (exact) mass is 262 g/mol. The van der Waals surface area contributed by atoms with Crippen molar-refractivity contribution in [2.45, 2.75) is 43.0 Å². The van der Waals surface area contributed by atoms with Gasteiger partial charge in [0.25, 0.3) is 0 Å². The summed E-state index contributed by atoms with van der Waals surface area (Å²) >= 11 is 1.66. The molecule has 0 spiro atoms. The van der Waals surface area contributed by atoms with E-state index in [-0.39, 0.29) is 47.3 Å². The molecule has 2 aliphatic rings. The van der Waals surface area contributed by atoms with Gasteiger partial charge in [0, 0.05) is 16.4 Å². The Morgan fingerprint density at radius 3 is 2.47 bits per heavy atom. The van der Waals surface area contributed by atoms with Crippen LogP contribution in [0.1, 0.15) is 20.8 Å². The molecule has 0 aliphatic carbocycles. The van der Waals surface area contributed by atoms with Crippen molar-refractivity contribution in [2.24, 2.45) is 11.8 Å². The highest BCUT2D eigenvalue weighted by Crippen LogP contribution is 2.47. The molecule has 2 fully saturated rings. The van der Waals surface area contributed by atoms with Crippen molar-refractivity contribution in [3.05, 3.63) is 0 Å². The molecule has 0 aromatic rings. The third kappa shape index (κ3) is 2.12. The van der Waals surface area contributed by atoms with Crippen LogP contribution in [0.15, 0.2) is 0 Å². The van der Waals surface area contributed by atoms with Crippen LogP contribution < -0.4 is 0 Å². The summed E-state index contributed by atoms with van der Waals surface area (Å²) in [6, 6.07) is 0. The van der Waals surface area contributed by atoms with Crippen LogP contribution >= 0.6 is 11.8 Å². The summed E-state index contributed by atoms with van der Waals surface area (Å²) in [7, 11) is 0. The average molecular weight is 262 g/mol. The van der Waals surface area contributed by atoms with E-state index in [0.717, 1.165) is 0 Å². The normalized spacial score (nSPS) is 51.0. The molecule has 6 atom stereocenters. The van der Waals surface area contributed by atoms with E-state index in [4.69, 9.17) is 9.47 Å². The molecule has 2 N–H and O–H groups in total. The quantitative estimate of drug-likeness (QED) is 0.773. The van der Waals surface area contributed by atoms with E-state index in [9.17, 15) is 10.2 Å². The molecule has 0 aromatic carbocycles. The van der Waals surface area contributed by atoms with Gasteiger partial charge in [-0.1, -0.05) is 13.8 Å². The summed E-state index contributed by atoms with van der Waals surface area (Å²) in [6.07, 6.45) is -0.00120. The van der Waals surface area contributed by atoms with Gasteiger partial charge in [0.2, 0.25) is 0 Å². The molecular formula is C12H22O4S. The number of rotatable bonds is 2. The average Bonchev–Trinajstić information content (AvgIpc) is 2.69. The summed E-state index contributed by atoms with van der Waals surface area (Å²) in [5.74, 6) is 0.417. The van der Waals surface area contributed by atoms with Crippen molar-refractivity contribution in [2.75, 3.05) is 20.0 Å². The maximum atomic E-state index is 9.52. The maximum Gasteiger partial charge on any atom is 0.148 e. The van der Waals surface area contributed by atoms with E-state index >= 15 is 0 Å². The van der Waals surface area contributed by atoms with Gasteiger partial charge in [-0.15, -0.1) is 11.8 Å². The Morgan fingerprint density at radius 1 is 1.24 bits per heavy atom. The molecule has 6 unspecified atom stereocenters. The fourth-order valence-electron chi connectivity index (χ4n) is 2.99. The molecule has 4 nitrogen and oxygen atoms in total. The minimum Gasteiger partial charge on any atom is -0.395 e. The number of ether oxygens (including phenoxy) is 2. The van der Waals surface area contributed by atoms with E-state index in [1.807, 2.05) is 0 Å². The lowest BCUT2D eigenvalue weighted by molar-refractivity contribution is -0.0421. The number of thioether (sulfide) groups is 1. The topological polar surface area (TPSA) is 58.9 Å². The standard InChI is InChI=1S/C12H22O4S/c1-7-9(4-13)17-10(5-14)8(2)12(3)11(7)15-6-16-12/h7-11,13-14H,4-6H2,1-3H3. The summed E-state index contributed by atoms with van der Waals surface area (Å²) < 4.78 is 11.5. The van der Waals surface area contributed by atoms with Gasteiger partial charge in [-0.25, -0.2) is 0 Å². The second kappa shape index (κ2) is 5.05. The molecule has 2 heterocycles. The zero-order valence-corrected chi connectivity index (χ0v) is 11.4. The van der Waals surface area contributed by atoms with Crippen molar-refractivity contribution in [1.29, 1.82) is 0 Å². The molecule has 2 aliphatic heterocycles. The van der Waals surface area contributed by atoms with Gasteiger partial charge in [-0.3, -0.25) is 0 Å². The lowest BCUT2D eigenvalue weighted by Gasteiger charge is -2.36. The van der Waals surface area contributed by atoms with Crippen molar-refractivity contribution in [3.8, 4) is 0 Å². The van der Waals surface area contributed by atoms with Gasteiger partial charge in [0.15, 0.2) is 0 Å². The molecular weight excluding hydrogens is 240 g/mol. The van der Waals surface area contributed by atoms with Crippen molar-refractivity contribution < 1.29 is 19.7 Å². The summed E-state index contributed by atoms with van der Waals surface area (Å²) in [6.45, 7) is 6.80. The van der Waals surface area contributed by atoms with E-state index < -0.39 is 0 Å². The number of aliphatic hydroxyl groups excluding tert-OH is 2. The molecule has 2 rings (SSSR count). The van der Waals surface area contributed by atoms with Crippen LogP contribution in [0.3, 0.4) is 0 Å². The SMILES string of the molecule is CC1C(CO)SC(CO)C(C)C2(C)OCOC12. The number of aliphatic hydroxyl groups is 2. The van der Waals surface area contributed by atoms with Crippen LogP contribution in [0.5, 0.6) is 0 Å². The first-order chi connectivity index (χ1) is 8.04. The van der Waals surface area contributed by atoms with Crippen LogP contribution in [0.25, 0.3) is 0 Å². The maximum absolute atomic E-state index is 9.52. The van der Waals surface area contributed by atoms with Crippen LogP contribution in [0.2, 0.25) is 0 Å². The summed E-state index contributed by atoms with van der Waals surface area (Å²) in [4.78, 5) is 0. The van der Waals surface area contributed by atoms with E-state index in [0.29, 0.717) is 6.79 Å². The van der Waals surface area contributed by atoms with E-state index in [2.05, 4.69) is 20.8 Å². The summed E-state index contributed by atoms with van der Waals surface area (Å²) in [5, 5.41) is 19.2. The molecule has 17 heavy (non-hydrogen) atoms. The van der Waals surface area contributed by atoms with Crippen molar-refractivity contribution in [3.63, 3.8) is 0 Å². The highest BCUT2D eigenvalue weighted by Gasteiger charge is 2.54. The van der Waals surface area contributed by atoms with Gasteiger partial charge in [0.05, 0.1) is 24.9 Å². The Kier molecular flexibility index (Phi) is 4.05. The Morgan fingerprint density at radius 2 is 1.88 bits per heavy atom. The van der Waals surface area contributed by atoms with E-state index in [1.54, 1.807) is 11.8 Å². The number of hydrogen-bond acceptors (Lipinski definition) is 5. The van der Waals surface area contributed by atoms with Gasteiger partial charge in [-0.2, -0.15) is 0 Å². The number of fused-ring (bicyclic) bond motifs is 1. The third-order valence-electron chi connectivity index (χ3n) is 4.42. The lowest BCUT2D eigenvalue weighted by atomic mass is 9.78. The second-order valence-electron chi connectivity index (χ2n) is 5.26. The van der Waals surface area contributed by atoms with Crippen LogP contribution in [-0.2, 0) is 9.47 Å². The Labute approximate surface area is 107 Å². The van der Waals surface area contributed by atoms with Crippen LogP contribution in [0, 0.1) is 11.8 Å². The highest BCUT2D eigenvalue weighted by molar-refractivity contribution is 8.00. The van der Waals surface area contributed by atoms with Gasteiger partial charge < -0.3 is 19.7 Å². The molecule has 0 bridgehead atoms. The largest absolute Gasteiger partial charge is 0.395 e. The van der Waals surface area contributed by atoms with Gasteiger partial charge >= 0.3 is 0 Å². The molecule has 2 saturated heterocycles. The minimum atomic E-state index is -0.357. The zero-order chi connectivity index (χ0) is 12.6. The molecule has 0 radical (unpaired) electrons. The Hall–Kier alpha value is 0.190. The first-order valence-corrected chi connectivity index (χ1v) is 7.11. The first kappa shape index (κ1) is 13.6. The zero-order valence-electron chi connectivity index (χ0n) is 10.6. The fraction of sp³-hybridized carbons (Fsp3) is 1.00. The van der Waals surface area contributed by atoms with Crippen LogP contribution in [-0.4, -0.2) is 52.4 Å². The predicted octanol–water partition coefficient (Wildman–Crippen LogP) is 0.859. The van der Waals surface area contributed by atoms with Crippen molar-refractivity contribution in [1.82, 2.24) is 0 Å². The molecule has 5 heteroatoms. The van der Waals surface area contributed by atoms with Crippen LogP contribution in [0.4, 0.5) is 0 Å². The fourth-order valence-corrected chi connectivity index (χ4v) is 4.50.